The highest BCUT2D eigenvalue weighted by Crippen LogP contribution is 2.13. The van der Waals surface area contributed by atoms with Gasteiger partial charge in [0.1, 0.15) is 0 Å². The zero-order valence-corrected chi connectivity index (χ0v) is 10.9. The number of nitrogens with zero attached hydrogens (tertiary/aromatic N) is 1. The Labute approximate surface area is 108 Å². The fourth-order valence-electron chi connectivity index (χ4n) is 1.82. The molecule has 0 radical (unpaired) electrons. The highest BCUT2D eigenvalue weighted by molar-refractivity contribution is 7.85. The van der Waals surface area contributed by atoms with E-state index in [9.17, 15) is 18.0 Å². The van der Waals surface area contributed by atoms with Crippen LogP contribution in [0.15, 0.2) is 32.7 Å². The topological polar surface area (TPSA) is 109 Å². The van der Waals surface area contributed by atoms with Crippen LogP contribution in [0.25, 0.3) is 10.9 Å². The third-order valence-electron chi connectivity index (χ3n) is 2.70. The fraction of sp³-hybridized carbons (Fsp3) is 0.273. The van der Waals surface area contributed by atoms with Crippen molar-refractivity contribution in [3.63, 3.8) is 0 Å². The number of aromatic amines is 1. The van der Waals surface area contributed by atoms with Crippen molar-refractivity contribution in [3.8, 4) is 0 Å². The Bertz CT molecular complexity index is 847. The van der Waals surface area contributed by atoms with E-state index in [4.69, 9.17) is 4.55 Å². The summed E-state index contributed by atoms with van der Waals surface area (Å²) in [6, 6.07) is 3.44. The highest BCUT2D eigenvalue weighted by atomic mass is 32.2. The van der Waals surface area contributed by atoms with E-state index in [-0.39, 0.29) is 22.3 Å². The Kier molecular flexibility index (Phi) is 3.29. The first-order valence-corrected chi connectivity index (χ1v) is 7.03. The zero-order chi connectivity index (χ0) is 14.2. The summed E-state index contributed by atoms with van der Waals surface area (Å²) in [5.41, 5.74) is -1.01. The minimum absolute atomic E-state index is 0.0810. The number of aromatic nitrogens is 2. The number of rotatable bonds is 3. The first kappa shape index (κ1) is 13.5. The molecule has 1 aromatic carbocycles. The van der Waals surface area contributed by atoms with Crippen LogP contribution >= 0.6 is 0 Å². The van der Waals surface area contributed by atoms with Gasteiger partial charge in [-0.3, -0.25) is 13.9 Å². The monoisotopic (exact) mass is 284 g/mol. The molecule has 0 atom stereocenters. The number of hydrogen-bond donors (Lipinski definition) is 2. The minimum atomic E-state index is -4.37. The second-order valence-electron chi connectivity index (χ2n) is 4.07. The van der Waals surface area contributed by atoms with Crippen molar-refractivity contribution in [3.05, 3.63) is 39.0 Å². The molecule has 8 heteroatoms. The summed E-state index contributed by atoms with van der Waals surface area (Å²) in [5, 5.41) is 0.195. The Morgan fingerprint density at radius 3 is 2.58 bits per heavy atom. The maximum Gasteiger partial charge on any atom is 0.328 e. The standard InChI is InChI=1S/C11H12N2O5S/c1-2-5-13-10(14)8-4-3-7(19(16,17)18)6-9(8)12-11(13)15/h3-4,6H,2,5H2,1H3,(H,12,15)(H,16,17,18). The third kappa shape index (κ3) is 2.45. The molecule has 0 fully saturated rings. The van der Waals surface area contributed by atoms with Crippen molar-refractivity contribution in [2.45, 2.75) is 24.8 Å². The van der Waals surface area contributed by atoms with Crippen LogP contribution in [0.4, 0.5) is 0 Å². The molecule has 1 heterocycles. The summed E-state index contributed by atoms with van der Waals surface area (Å²) in [7, 11) is -4.37. The normalized spacial score (nSPS) is 11.9. The second-order valence-corrected chi connectivity index (χ2v) is 5.49. The van der Waals surface area contributed by atoms with Crippen LogP contribution < -0.4 is 11.2 Å². The van der Waals surface area contributed by atoms with E-state index in [0.717, 1.165) is 16.7 Å². The van der Waals surface area contributed by atoms with Gasteiger partial charge in [-0.25, -0.2) is 4.79 Å². The van der Waals surface area contributed by atoms with Crippen molar-refractivity contribution in [1.29, 1.82) is 0 Å². The van der Waals surface area contributed by atoms with Gasteiger partial charge >= 0.3 is 5.69 Å². The maximum absolute atomic E-state index is 12.0. The number of benzene rings is 1. The lowest BCUT2D eigenvalue weighted by Gasteiger charge is -2.05. The molecule has 2 N–H and O–H groups in total. The molecule has 2 aromatic rings. The van der Waals surface area contributed by atoms with Gasteiger partial charge < -0.3 is 4.98 Å². The van der Waals surface area contributed by atoms with Crippen molar-refractivity contribution >= 4 is 21.0 Å². The molecule has 0 aliphatic rings. The van der Waals surface area contributed by atoms with E-state index in [1.807, 2.05) is 6.92 Å². The maximum atomic E-state index is 12.0. The fourth-order valence-corrected chi connectivity index (χ4v) is 2.33. The molecule has 0 amide bonds. The lowest BCUT2D eigenvalue weighted by molar-refractivity contribution is 0.483. The van der Waals surface area contributed by atoms with Gasteiger partial charge in [-0.15, -0.1) is 0 Å². The van der Waals surface area contributed by atoms with Crippen LogP contribution in [0, 0.1) is 0 Å². The lowest BCUT2D eigenvalue weighted by Crippen LogP contribution is -2.34. The van der Waals surface area contributed by atoms with Gasteiger partial charge in [-0.05, 0) is 24.6 Å². The van der Waals surface area contributed by atoms with Crippen molar-refractivity contribution < 1.29 is 13.0 Å². The SMILES string of the molecule is CCCn1c(=O)[nH]c2cc(S(=O)(=O)O)ccc2c1=O. The van der Waals surface area contributed by atoms with E-state index in [1.165, 1.54) is 6.07 Å². The van der Waals surface area contributed by atoms with E-state index < -0.39 is 21.4 Å². The summed E-state index contributed by atoms with van der Waals surface area (Å²) in [6.45, 7) is 2.11. The molecule has 102 valence electrons. The predicted molar refractivity (Wildman–Crippen MR) is 68.9 cm³/mol. The van der Waals surface area contributed by atoms with Crippen LogP contribution in [0.5, 0.6) is 0 Å². The van der Waals surface area contributed by atoms with Gasteiger partial charge in [0.25, 0.3) is 15.7 Å². The average molecular weight is 284 g/mol. The largest absolute Gasteiger partial charge is 0.328 e. The molecule has 2 rings (SSSR count). The van der Waals surface area contributed by atoms with Gasteiger partial charge in [-0.2, -0.15) is 8.42 Å². The molecule has 0 bridgehead atoms. The van der Waals surface area contributed by atoms with Crippen molar-refractivity contribution in [2.24, 2.45) is 0 Å². The van der Waals surface area contributed by atoms with Gasteiger partial charge in [0.15, 0.2) is 0 Å². The van der Waals surface area contributed by atoms with Gasteiger partial charge in [0, 0.05) is 6.54 Å². The first-order chi connectivity index (χ1) is 8.84. The van der Waals surface area contributed by atoms with Crippen molar-refractivity contribution in [1.82, 2.24) is 9.55 Å². The van der Waals surface area contributed by atoms with Gasteiger partial charge in [0.05, 0.1) is 15.8 Å². The highest BCUT2D eigenvalue weighted by Gasteiger charge is 2.13. The van der Waals surface area contributed by atoms with Gasteiger partial charge in [0.2, 0.25) is 0 Å². The lowest BCUT2D eigenvalue weighted by atomic mass is 10.2. The Balaban J connectivity index is 2.82. The van der Waals surface area contributed by atoms with E-state index in [1.54, 1.807) is 0 Å². The van der Waals surface area contributed by atoms with E-state index >= 15 is 0 Å². The third-order valence-corrected chi connectivity index (χ3v) is 3.55. The molecule has 0 aliphatic carbocycles. The summed E-state index contributed by atoms with van der Waals surface area (Å²) in [5.74, 6) is 0. The van der Waals surface area contributed by atoms with E-state index in [0.29, 0.717) is 6.42 Å². The summed E-state index contributed by atoms with van der Waals surface area (Å²) >= 11 is 0. The van der Waals surface area contributed by atoms with Crippen molar-refractivity contribution in [2.75, 3.05) is 0 Å². The van der Waals surface area contributed by atoms with Crippen LogP contribution in [-0.4, -0.2) is 22.5 Å². The quantitative estimate of drug-likeness (QED) is 0.790. The molecule has 0 unspecified atom stereocenters. The number of H-pyrrole nitrogens is 1. The molecule has 19 heavy (non-hydrogen) atoms. The number of hydrogen-bond acceptors (Lipinski definition) is 4. The van der Waals surface area contributed by atoms with Crippen LogP contribution in [0.2, 0.25) is 0 Å². The summed E-state index contributed by atoms with van der Waals surface area (Å²) < 4.78 is 32.0. The van der Waals surface area contributed by atoms with Crippen LogP contribution in [0.1, 0.15) is 13.3 Å². The van der Waals surface area contributed by atoms with E-state index in [2.05, 4.69) is 4.98 Å². The Morgan fingerprint density at radius 2 is 2.00 bits per heavy atom. The van der Waals surface area contributed by atoms with Gasteiger partial charge in [-0.1, -0.05) is 6.92 Å². The molecule has 0 saturated carbocycles. The average Bonchev–Trinajstić information content (AvgIpc) is 2.32. The van der Waals surface area contributed by atoms with Crippen LogP contribution in [0.3, 0.4) is 0 Å². The zero-order valence-electron chi connectivity index (χ0n) is 10.1. The molecule has 7 nitrogen and oxygen atoms in total. The molecule has 0 aliphatic heterocycles. The molecule has 0 saturated heterocycles. The second kappa shape index (κ2) is 4.63. The smallest absolute Gasteiger partial charge is 0.307 e. The Morgan fingerprint density at radius 1 is 1.32 bits per heavy atom. The molecule has 0 spiro atoms. The number of nitrogens with one attached hydrogen (secondary N) is 1. The first-order valence-electron chi connectivity index (χ1n) is 5.59. The Hall–Kier alpha value is -1.93. The molecule has 1 aromatic heterocycles. The summed E-state index contributed by atoms with van der Waals surface area (Å²) in [6.07, 6.45) is 0.623. The molecular weight excluding hydrogens is 272 g/mol. The summed E-state index contributed by atoms with van der Waals surface area (Å²) in [4.78, 5) is 25.8. The molecular formula is C11H12N2O5S. The number of fused-ring (bicyclic) bond motifs is 1. The van der Waals surface area contributed by atoms with Crippen LogP contribution in [-0.2, 0) is 16.7 Å². The minimum Gasteiger partial charge on any atom is -0.307 e. The predicted octanol–water partition coefficient (Wildman–Crippen LogP) is 0.347.